The molecule has 7 heteroatoms. The molecule has 0 aromatic heterocycles. The molecule has 2 aromatic carbocycles. The normalized spacial score (nSPS) is 11.6. The van der Waals surface area contributed by atoms with Gasteiger partial charge in [-0.05, 0) is 43.3 Å². The van der Waals surface area contributed by atoms with E-state index in [0.29, 0.717) is 23.6 Å². The van der Waals surface area contributed by atoms with E-state index in [1.807, 2.05) is 18.2 Å². The van der Waals surface area contributed by atoms with Crippen LogP contribution in [-0.2, 0) is 16.0 Å². The summed E-state index contributed by atoms with van der Waals surface area (Å²) in [5, 5.41) is 3.05. The summed E-state index contributed by atoms with van der Waals surface area (Å²) in [6, 6.07) is 15.3. The number of carbonyl (C=O) groups excluding carboxylic acids is 2. The van der Waals surface area contributed by atoms with E-state index < -0.39 is 5.97 Å². The molecular weight excluding hydrogens is 396 g/mol. The van der Waals surface area contributed by atoms with Gasteiger partial charge in [0.1, 0.15) is 0 Å². The van der Waals surface area contributed by atoms with Crippen molar-refractivity contribution in [3.8, 4) is 11.5 Å². The molecule has 2 rings (SSSR count). The van der Waals surface area contributed by atoms with Crippen LogP contribution in [-0.4, -0.2) is 63.3 Å². The molecule has 1 N–H and O–H groups in total. The summed E-state index contributed by atoms with van der Waals surface area (Å²) in [5.41, 5.74) is 1.70. The van der Waals surface area contributed by atoms with E-state index in [9.17, 15) is 9.59 Å². The summed E-state index contributed by atoms with van der Waals surface area (Å²) in [6.07, 6.45) is 0.854. The van der Waals surface area contributed by atoms with E-state index in [-0.39, 0.29) is 18.6 Å². The average molecular weight is 429 g/mol. The van der Waals surface area contributed by atoms with Gasteiger partial charge in [0.15, 0.2) is 18.1 Å². The van der Waals surface area contributed by atoms with E-state index in [0.717, 1.165) is 19.5 Å². The molecule has 0 saturated carbocycles. The smallest absolute Gasteiger partial charge is 0.343 e. The molecule has 2 aromatic rings. The van der Waals surface area contributed by atoms with Gasteiger partial charge in [-0.1, -0.05) is 44.2 Å². The highest BCUT2D eigenvalue weighted by atomic mass is 16.6. The van der Waals surface area contributed by atoms with Crippen molar-refractivity contribution in [2.24, 2.45) is 0 Å². The molecule has 168 valence electrons. The molecule has 1 unspecified atom stereocenters. The van der Waals surface area contributed by atoms with Gasteiger partial charge in [0.05, 0.1) is 14.2 Å². The number of benzene rings is 2. The lowest BCUT2D eigenvalue weighted by Crippen LogP contribution is -2.45. The van der Waals surface area contributed by atoms with E-state index in [1.54, 1.807) is 18.2 Å². The fraction of sp³-hybridized carbons (Fsp3) is 0.417. The van der Waals surface area contributed by atoms with Crippen LogP contribution in [0.5, 0.6) is 11.5 Å². The Hall–Kier alpha value is -3.06. The lowest BCUT2D eigenvalue weighted by molar-refractivity contribution is -0.142. The predicted octanol–water partition coefficient (Wildman–Crippen LogP) is 2.93. The number of methoxy groups -OCH3 is 2. The van der Waals surface area contributed by atoms with Crippen LogP contribution in [0.25, 0.3) is 0 Å². The number of likely N-dealkylation sites (N-methyl/N-ethyl adjacent to an activating group) is 1. The first kappa shape index (κ1) is 24.2. The van der Waals surface area contributed by atoms with Crippen LogP contribution in [0.1, 0.15) is 29.8 Å². The fourth-order valence-corrected chi connectivity index (χ4v) is 3.39. The van der Waals surface area contributed by atoms with Gasteiger partial charge in [0.2, 0.25) is 0 Å². The summed E-state index contributed by atoms with van der Waals surface area (Å²) < 4.78 is 15.3. The van der Waals surface area contributed by atoms with E-state index in [1.165, 1.54) is 19.8 Å². The first-order valence-electron chi connectivity index (χ1n) is 10.5. The highest BCUT2D eigenvalue weighted by molar-refractivity contribution is 5.94. The van der Waals surface area contributed by atoms with Crippen LogP contribution in [0.2, 0.25) is 0 Å². The Labute approximate surface area is 184 Å². The van der Waals surface area contributed by atoms with Crippen molar-refractivity contribution in [3.63, 3.8) is 0 Å². The van der Waals surface area contributed by atoms with Gasteiger partial charge in [-0.25, -0.2) is 4.79 Å². The van der Waals surface area contributed by atoms with Gasteiger partial charge >= 0.3 is 5.97 Å². The van der Waals surface area contributed by atoms with Gasteiger partial charge in [-0.3, -0.25) is 9.69 Å². The zero-order valence-electron chi connectivity index (χ0n) is 18.7. The molecule has 0 aliphatic rings. The van der Waals surface area contributed by atoms with Gasteiger partial charge < -0.3 is 19.5 Å². The van der Waals surface area contributed by atoms with Crippen molar-refractivity contribution < 1.29 is 23.8 Å². The number of ether oxygens (including phenoxy) is 3. The van der Waals surface area contributed by atoms with Crippen molar-refractivity contribution in [2.75, 3.05) is 40.5 Å². The highest BCUT2D eigenvalue weighted by Crippen LogP contribution is 2.28. The molecule has 0 bridgehead atoms. The first-order chi connectivity index (χ1) is 15.0. The Kier molecular flexibility index (Phi) is 9.84. The summed E-state index contributed by atoms with van der Waals surface area (Å²) in [7, 11) is 2.78. The van der Waals surface area contributed by atoms with Crippen molar-refractivity contribution in [1.82, 2.24) is 10.2 Å². The Bertz CT molecular complexity index is 837. The number of hydrogen-bond acceptors (Lipinski definition) is 6. The monoisotopic (exact) mass is 428 g/mol. The highest BCUT2D eigenvalue weighted by Gasteiger charge is 2.19. The molecule has 1 amide bonds. The number of nitrogens with zero attached hydrogens (tertiary/aromatic N) is 1. The lowest BCUT2D eigenvalue weighted by Gasteiger charge is -2.30. The van der Waals surface area contributed by atoms with Crippen molar-refractivity contribution in [3.05, 3.63) is 59.7 Å². The topological polar surface area (TPSA) is 77.1 Å². The minimum absolute atomic E-state index is 0.186. The minimum atomic E-state index is -0.496. The van der Waals surface area contributed by atoms with Crippen LogP contribution in [0, 0.1) is 0 Å². The van der Waals surface area contributed by atoms with E-state index >= 15 is 0 Å². The molecule has 1 atom stereocenters. The van der Waals surface area contributed by atoms with Crippen molar-refractivity contribution >= 4 is 11.9 Å². The van der Waals surface area contributed by atoms with E-state index in [4.69, 9.17) is 9.47 Å². The SMILES string of the molecule is CCN(CC)C(CNC(=O)c1ccc(OCC(=O)OC)c(OC)c1)Cc1ccccc1. The maximum Gasteiger partial charge on any atom is 0.343 e. The van der Waals surface area contributed by atoms with Crippen molar-refractivity contribution in [1.29, 1.82) is 0 Å². The summed E-state index contributed by atoms with van der Waals surface area (Å²) >= 11 is 0. The Morgan fingerprint density at radius 3 is 2.32 bits per heavy atom. The predicted molar refractivity (Wildman–Crippen MR) is 120 cm³/mol. The maximum absolute atomic E-state index is 12.8. The third-order valence-electron chi connectivity index (χ3n) is 5.14. The Morgan fingerprint density at radius 1 is 1.00 bits per heavy atom. The molecule has 7 nitrogen and oxygen atoms in total. The number of hydrogen-bond donors (Lipinski definition) is 1. The summed E-state index contributed by atoms with van der Waals surface area (Å²) in [5.74, 6) is 0.0587. The quantitative estimate of drug-likeness (QED) is 0.524. The second-order valence-corrected chi connectivity index (χ2v) is 7.01. The van der Waals surface area contributed by atoms with Gasteiger partial charge in [-0.2, -0.15) is 0 Å². The molecular formula is C24H32N2O5. The van der Waals surface area contributed by atoms with Crippen LogP contribution in [0.3, 0.4) is 0 Å². The molecule has 0 aliphatic heterocycles. The van der Waals surface area contributed by atoms with Gasteiger partial charge in [-0.15, -0.1) is 0 Å². The van der Waals surface area contributed by atoms with Crippen molar-refractivity contribution in [2.45, 2.75) is 26.3 Å². The van der Waals surface area contributed by atoms with E-state index in [2.05, 4.69) is 40.9 Å². The second-order valence-electron chi connectivity index (χ2n) is 7.01. The molecule has 0 aliphatic carbocycles. The lowest BCUT2D eigenvalue weighted by atomic mass is 10.0. The second kappa shape index (κ2) is 12.6. The molecule has 0 heterocycles. The fourth-order valence-electron chi connectivity index (χ4n) is 3.39. The van der Waals surface area contributed by atoms with Crippen LogP contribution < -0.4 is 14.8 Å². The summed E-state index contributed by atoms with van der Waals surface area (Å²) in [6.45, 7) is 6.36. The number of carbonyl (C=O) groups is 2. The third kappa shape index (κ3) is 7.29. The molecule has 31 heavy (non-hydrogen) atoms. The first-order valence-corrected chi connectivity index (χ1v) is 10.5. The number of esters is 1. The molecule has 0 radical (unpaired) electrons. The van der Waals surface area contributed by atoms with Gasteiger partial charge in [0.25, 0.3) is 5.91 Å². The maximum atomic E-state index is 12.8. The van der Waals surface area contributed by atoms with Gasteiger partial charge in [0, 0.05) is 18.2 Å². The Balaban J connectivity index is 2.06. The molecule has 0 fully saturated rings. The standard InChI is InChI=1S/C24H32N2O5/c1-5-26(6-2)20(14-18-10-8-7-9-11-18)16-25-24(28)19-12-13-21(22(15-19)29-3)31-17-23(27)30-4/h7-13,15,20H,5-6,14,16-17H2,1-4H3,(H,25,28). The third-order valence-corrected chi connectivity index (χ3v) is 5.14. The van der Waals surface area contributed by atoms with Crippen LogP contribution in [0.4, 0.5) is 0 Å². The number of rotatable bonds is 12. The van der Waals surface area contributed by atoms with Crippen LogP contribution >= 0.6 is 0 Å². The molecule has 0 saturated heterocycles. The van der Waals surface area contributed by atoms with Crippen LogP contribution in [0.15, 0.2) is 48.5 Å². The molecule has 0 spiro atoms. The average Bonchev–Trinajstić information content (AvgIpc) is 2.81. The minimum Gasteiger partial charge on any atom is -0.493 e. The summed E-state index contributed by atoms with van der Waals surface area (Å²) in [4.78, 5) is 26.4. The number of amides is 1. The zero-order valence-corrected chi connectivity index (χ0v) is 18.7. The largest absolute Gasteiger partial charge is 0.493 e. The zero-order chi connectivity index (χ0) is 22.6. The Morgan fingerprint density at radius 2 is 1.71 bits per heavy atom. The number of nitrogens with one attached hydrogen (secondary N) is 1.